The lowest BCUT2D eigenvalue weighted by Crippen LogP contribution is -2.10. The number of alkyl halides is 1. The molecule has 0 heterocycles. The van der Waals surface area contributed by atoms with Gasteiger partial charge in [0.1, 0.15) is 0 Å². The molecule has 0 spiro atoms. The Bertz CT molecular complexity index is 584. The van der Waals surface area contributed by atoms with Gasteiger partial charge in [0.05, 0.1) is 10.0 Å². The number of benzene rings is 2. The fourth-order valence-electron chi connectivity index (χ4n) is 2.18. The van der Waals surface area contributed by atoms with Gasteiger partial charge in [0.15, 0.2) is 0 Å². The minimum atomic E-state index is 0.491. The van der Waals surface area contributed by atoms with E-state index in [1.807, 2.05) is 36.4 Å². The Hall–Kier alpha value is -0.210. The number of hydrogen-bond acceptors (Lipinski definition) is 0. The fraction of sp³-hybridized carbons (Fsp3) is 0.250. The first-order valence-electron chi connectivity index (χ1n) is 6.33. The smallest absolute Gasteiger partial charge is 0.0595 e. The highest BCUT2D eigenvalue weighted by atomic mass is 79.9. The molecule has 4 heteroatoms. The van der Waals surface area contributed by atoms with Crippen LogP contribution in [-0.4, -0.2) is 5.33 Å². The molecule has 1 atom stereocenters. The van der Waals surface area contributed by atoms with Crippen LogP contribution in [0.2, 0.25) is 15.1 Å². The van der Waals surface area contributed by atoms with Crippen LogP contribution in [0.25, 0.3) is 0 Å². The van der Waals surface area contributed by atoms with Crippen molar-refractivity contribution < 1.29 is 0 Å². The van der Waals surface area contributed by atoms with Gasteiger partial charge < -0.3 is 0 Å². The lowest BCUT2D eigenvalue weighted by atomic mass is 9.94. The molecule has 2 rings (SSSR count). The van der Waals surface area contributed by atoms with Crippen LogP contribution in [0.3, 0.4) is 0 Å². The van der Waals surface area contributed by atoms with Crippen LogP contribution in [-0.2, 0) is 12.8 Å². The zero-order valence-electron chi connectivity index (χ0n) is 10.8. The van der Waals surface area contributed by atoms with E-state index in [2.05, 4.69) is 22.0 Å². The molecular formula is C16H14BrCl3. The predicted octanol–water partition coefficient (Wildman–Crippen LogP) is 6.44. The number of rotatable bonds is 5. The lowest BCUT2D eigenvalue weighted by molar-refractivity contribution is 0.591. The summed E-state index contributed by atoms with van der Waals surface area (Å²) in [5, 5.41) is 2.92. The van der Waals surface area contributed by atoms with Gasteiger partial charge in [0.2, 0.25) is 0 Å². The first-order valence-corrected chi connectivity index (χ1v) is 8.58. The lowest BCUT2D eigenvalue weighted by Gasteiger charge is -2.15. The van der Waals surface area contributed by atoms with Gasteiger partial charge >= 0.3 is 0 Å². The van der Waals surface area contributed by atoms with E-state index in [1.165, 1.54) is 11.1 Å². The molecule has 0 aliphatic rings. The average Bonchev–Trinajstić information content (AvgIpc) is 2.42. The molecule has 0 radical (unpaired) electrons. The standard InChI is InChI=1S/C16H14BrCl3/c17-10-13(6-11-2-1-3-14(18)8-11)7-12-4-5-15(19)16(20)9-12/h1-5,8-9,13H,6-7,10H2. The van der Waals surface area contributed by atoms with Gasteiger partial charge in [-0.3, -0.25) is 0 Å². The maximum absolute atomic E-state index is 6.06. The SMILES string of the molecule is Clc1cccc(CC(CBr)Cc2ccc(Cl)c(Cl)c2)c1. The summed E-state index contributed by atoms with van der Waals surface area (Å²) in [5.74, 6) is 0.491. The van der Waals surface area contributed by atoms with Crippen LogP contribution in [0.4, 0.5) is 0 Å². The Morgan fingerprint density at radius 1 is 0.850 bits per heavy atom. The van der Waals surface area contributed by atoms with E-state index in [9.17, 15) is 0 Å². The van der Waals surface area contributed by atoms with Crippen LogP contribution in [0.5, 0.6) is 0 Å². The van der Waals surface area contributed by atoms with E-state index < -0.39 is 0 Å². The van der Waals surface area contributed by atoms with Crippen LogP contribution < -0.4 is 0 Å². The summed E-state index contributed by atoms with van der Waals surface area (Å²) in [6, 6.07) is 13.8. The van der Waals surface area contributed by atoms with Crippen molar-refractivity contribution in [3.8, 4) is 0 Å². The number of hydrogen-bond donors (Lipinski definition) is 0. The summed E-state index contributed by atoms with van der Waals surface area (Å²) in [4.78, 5) is 0. The molecular weight excluding hydrogens is 378 g/mol. The van der Waals surface area contributed by atoms with Crippen LogP contribution in [0.1, 0.15) is 11.1 Å². The predicted molar refractivity (Wildman–Crippen MR) is 92.6 cm³/mol. The third-order valence-corrected chi connectivity index (χ3v) is 5.03. The quantitative estimate of drug-likeness (QED) is 0.513. The van der Waals surface area contributed by atoms with Gasteiger partial charge in [0, 0.05) is 10.4 Å². The highest BCUT2D eigenvalue weighted by Crippen LogP contribution is 2.25. The maximum atomic E-state index is 6.06. The Labute approximate surface area is 143 Å². The molecule has 0 fully saturated rings. The minimum absolute atomic E-state index is 0.491. The Morgan fingerprint density at radius 3 is 2.15 bits per heavy atom. The molecule has 0 nitrogen and oxygen atoms in total. The monoisotopic (exact) mass is 390 g/mol. The Kier molecular flexibility index (Phi) is 6.22. The minimum Gasteiger partial charge on any atom is -0.0925 e. The maximum Gasteiger partial charge on any atom is 0.0595 e. The van der Waals surface area contributed by atoms with E-state index >= 15 is 0 Å². The molecule has 2 aromatic carbocycles. The summed E-state index contributed by atoms with van der Waals surface area (Å²) in [6.45, 7) is 0. The van der Waals surface area contributed by atoms with Crippen molar-refractivity contribution in [1.82, 2.24) is 0 Å². The van der Waals surface area contributed by atoms with Gasteiger partial charge in [-0.1, -0.05) is 68.9 Å². The topological polar surface area (TPSA) is 0 Å². The van der Waals surface area contributed by atoms with Gasteiger partial charge in [-0.05, 0) is 54.2 Å². The molecule has 0 saturated heterocycles. The molecule has 0 saturated carbocycles. The Morgan fingerprint density at radius 2 is 1.55 bits per heavy atom. The Balaban J connectivity index is 2.07. The van der Waals surface area contributed by atoms with E-state index in [-0.39, 0.29) is 0 Å². The third kappa shape index (κ3) is 4.66. The highest BCUT2D eigenvalue weighted by molar-refractivity contribution is 9.09. The van der Waals surface area contributed by atoms with Crippen molar-refractivity contribution in [2.75, 3.05) is 5.33 Å². The van der Waals surface area contributed by atoms with Gasteiger partial charge in [-0.25, -0.2) is 0 Å². The summed E-state index contributed by atoms with van der Waals surface area (Å²) in [6.07, 6.45) is 1.93. The van der Waals surface area contributed by atoms with E-state index in [4.69, 9.17) is 34.8 Å². The molecule has 0 aliphatic heterocycles. The summed E-state index contributed by atoms with van der Waals surface area (Å²) in [7, 11) is 0. The number of halogens is 4. The highest BCUT2D eigenvalue weighted by Gasteiger charge is 2.11. The molecule has 0 amide bonds. The molecule has 1 unspecified atom stereocenters. The molecule has 0 N–H and O–H groups in total. The van der Waals surface area contributed by atoms with E-state index in [1.54, 1.807) is 0 Å². The van der Waals surface area contributed by atoms with E-state index in [0.717, 1.165) is 23.2 Å². The van der Waals surface area contributed by atoms with Crippen molar-refractivity contribution in [3.05, 3.63) is 68.7 Å². The van der Waals surface area contributed by atoms with Crippen molar-refractivity contribution in [2.45, 2.75) is 12.8 Å². The zero-order valence-corrected chi connectivity index (χ0v) is 14.6. The van der Waals surface area contributed by atoms with Crippen LogP contribution >= 0.6 is 50.7 Å². The zero-order chi connectivity index (χ0) is 14.5. The first kappa shape index (κ1) is 16.2. The largest absolute Gasteiger partial charge is 0.0925 e. The molecule has 0 bridgehead atoms. The van der Waals surface area contributed by atoms with Gasteiger partial charge in [-0.2, -0.15) is 0 Å². The average molecular weight is 393 g/mol. The molecule has 0 aromatic heterocycles. The van der Waals surface area contributed by atoms with Crippen molar-refractivity contribution in [2.24, 2.45) is 5.92 Å². The summed E-state index contributed by atoms with van der Waals surface area (Å²) >= 11 is 21.6. The molecule has 0 aliphatic carbocycles. The molecule has 2 aromatic rings. The van der Waals surface area contributed by atoms with Gasteiger partial charge in [-0.15, -0.1) is 0 Å². The van der Waals surface area contributed by atoms with Crippen molar-refractivity contribution in [3.63, 3.8) is 0 Å². The normalized spacial score (nSPS) is 12.4. The van der Waals surface area contributed by atoms with Crippen LogP contribution in [0, 0.1) is 5.92 Å². The fourth-order valence-corrected chi connectivity index (χ4v) is 3.17. The second-order valence-corrected chi connectivity index (χ2v) is 6.71. The van der Waals surface area contributed by atoms with Crippen molar-refractivity contribution in [1.29, 1.82) is 0 Å². The molecule has 20 heavy (non-hydrogen) atoms. The second-order valence-electron chi connectivity index (χ2n) is 4.81. The van der Waals surface area contributed by atoms with Gasteiger partial charge in [0.25, 0.3) is 0 Å². The third-order valence-electron chi connectivity index (χ3n) is 3.14. The van der Waals surface area contributed by atoms with Crippen LogP contribution in [0.15, 0.2) is 42.5 Å². The van der Waals surface area contributed by atoms with E-state index in [0.29, 0.717) is 16.0 Å². The van der Waals surface area contributed by atoms with Crippen molar-refractivity contribution >= 4 is 50.7 Å². The first-order chi connectivity index (χ1) is 9.58. The second kappa shape index (κ2) is 7.70. The molecule has 106 valence electrons. The summed E-state index contributed by atoms with van der Waals surface area (Å²) in [5.41, 5.74) is 2.45. The summed E-state index contributed by atoms with van der Waals surface area (Å²) < 4.78 is 0.